The number of nitrogens with zero attached hydrogens (tertiary/aromatic N) is 1. The molecule has 0 unspecified atom stereocenters. The zero-order chi connectivity index (χ0) is 13.9. The van der Waals surface area contributed by atoms with Crippen LogP contribution in [0.3, 0.4) is 0 Å². The maximum Gasteiger partial charge on any atom is 0.227 e. The highest BCUT2D eigenvalue weighted by atomic mass is 32.2. The van der Waals surface area contributed by atoms with Crippen molar-refractivity contribution in [1.29, 1.82) is 0 Å². The molecule has 0 aromatic carbocycles. The minimum atomic E-state index is -0.438. The maximum atomic E-state index is 11.7. The van der Waals surface area contributed by atoms with Crippen molar-refractivity contribution >= 4 is 22.8 Å². The van der Waals surface area contributed by atoms with Gasteiger partial charge in [-0.05, 0) is 26.7 Å². The summed E-state index contributed by atoms with van der Waals surface area (Å²) in [7, 11) is 1.68. The van der Waals surface area contributed by atoms with Crippen LogP contribution in [-0.2, 0) is 4.79 Å². The number of nitrogens with one attached hydrogen (secondary N) is 2. The second-order valence-corrected chi connectivity index (χ2v) is 7.30. The van der Waals surface area contributed by atoms with Crippen molar-refractivity contribution < 1.29 is 4.79 Å². The quantitative estimate of drug-likeness (QED) is 0.834. The van der Waals surface area contributed by atoms with Crippen LogP contribution in [0.2, 0.25) is 0 Å². The molecule has 1 saturated heterocycles. The lowest BCUT2D eigenvalue weighted by Crippen LogP contribution is -2.45. The number of hydrogen-bond donors (Lipinski definition) is 2. The van der Waals surface area contributed by atoms with Gasteiger partial charge in [0.1, 0.15) is 0 Å². The Balaban J connectivity index is 1.93. The number of amidine groups is 1. The summed E-state index contributed by atoms with van der Waals surface area (Å²) in [6.45, 7) is 4.41. The summed E-state index contributed by atoms with van der Waals surface area (Å²) < 4.78 is 0. The van der Waals surface area contributed by atoms with Crippen LogP contribution in [0, 0.1) is 5.41 Å². The van der Waals surface area contributed by atoms with Crippen LogP contribution < -0.4 is 10.6 Å². The van der Waals surface area contributed by atoms with Gasteiger partial charge in [0.2, 0.25) is 5.91 Å². The molecule has 0 aromatic rings. The summed E-state index contributed by atoms with van der Waals surface area (Å²) >= 11 is 1.81. The first-order valence-corrected chi connectivity index (χ1v) is 8.14. The number of amides is 1. The van der Waals surface area contributed by atoms with Gasteiger partial charge in [0.05, 0.1) is 12.0 Å². The van der Waals surface area contributed by atoms with E-state index >= 15 is 0 Å². The van der Waals surface area contributed by atoms with E-state index in [1.165, 1.54) is 32.1 Å². The molecule has 2 rings (SSSR count). The Morgan fingerprint density at radius 2 is 2.11 bits per heavy atom. The van der Waals surface area contributed by atoms with Crippen LogP contribution in [0.1, 0.15) is 46.0 Å². The average molecular weight is 283 g/mol. The van der Waals surface area contributed by atoms with Crippen molar-refractivity contribution in [3.63, 3.8) is 0 Å². The van der Waals surface area contributed by atoms with Gasteiger partial charge < -0.3 is 10.6 Å². The molecule has 1 aliphatic carbocycles. The van der Waals surface area contributed by atoms with E-state index < -0.39 is 5.41 Å². The first-order valence-electron chi connectivity index (χ1n) is 7.15. The standard InChI is InChI=1S/C14H25N3OS/c1-13(2,11(18)15-3)9-16-12-17-14(10-19-12)7-5-4-6-8-14/h4-10H2,1-3H3,(H,15,18)(H,16,17). The predicted octanol–water partition coefficient (Wildman–Crippen LogP) is 2.15. The first-order chi connectivity index (χ1) is 8.97. The van der Waals surface area contributed by atoms with Crippen LogP contribution in [0.4, 0.5) is 0 Å². The number of hydrogen-bond acceptors (Lipinski definition) is 3. The Morgan fingerprint density at radius 1 is 1.42 bits per heavy atom. The molecule has 1 spiro atoms. The number of carbonyl (C=O) groups is 1. The summed E-state index contributed by atoms with van der Waals surface area (Å²) in [6, 6.07) is 0. The first kappa shape index (κ1) is 14.7. The fourth-order valence-corrected chi connectivity index (χ4v) is 3.99. The zero-order valence-corrected chi connectivity index (χ0v) is 13.0. The fraction of sp³-hybridized carbons (Fsp3) is 0.857. The minimum Gasteiger partial charge on any atom is -0.359 e. The molecular weight excluding hydrogens is 258 g/mol. The van der Waals surface area contributed by atoms with E-state index in [1.54, 1.807) is 7.05 Å². The van der Waals surface area contributed by atoms with E-state index in [0.717, 1.165) is 10.9 Å². The van der Waals surface area contributed by atoms with Crippen LogP contribution in [0.15, 0.2) is 4.99 Å². The highest BCUT2D eigenvalue weighted by Crippen LogP contribution is 2.36. The zero-order valence-electron chi connectivity index (χ0n) is 12.2. The van der Waals surface area contributed by atoms with Gasteiger partial charge in [-0.1, -0.05) is 31.0 Å². The Hall–Kier alpha value is -0.710. The SMILES string of the molecule is CNC(=O)C(C)(C)CN=C1NC2(CCCCC2)CS1. The number of aliphatic imine (C=N–C) groups is 1. The van der Waals surface area contributed by atoms with E-state index in [-0.39, 0.29) is 5.91 Å². The van der Waals surface area contributed by atoms with E-state index in [9.17, 15) is 4.79 Å². The van der Waals surface area contributed by atoms with E-state index in [2.05, 4.69) is 15.6 Å². The third-order valence-electron chi connectivity index (χ3n) is 4.13. The van der Waals surface area contributed by atoms with E-state index in [0.29, 0.717) is 12.1 Å². The molecule has 0 bridgehead atoms. The molecule has 2 aliphatic rings. The van der Waals surface area contributed by atoms with Gasteiger partial charge >= 0.3 is 0 Å². The number of carbonyl (C=O) groups excluding carboxylic acids is 1. The number of thioether (sulfide) groups is 1. The molecular formula is C14H25N3OS. The summed E-state index contributed by atoms with van der Waals surface area (Å²) in [6.07, 6.45) is 6.54. The van der Waals surface area contributed by atoms with Gasteiger partial charge in [-0.25, -0.2) is 0 Å². The molecule has 1 amide bonds. The van der Waals surface area contributed by atoms with Crippen molar-refractivity contribution in [3.8, 4) is 0 Å². The normalized spacial score (nSPS) is 24.5. The van der Waals surface area contributed by atoms with Gasteiger partial charge in [-0.15, -0.1) is 0 Å². The highest BCUT2D eigenvalue weighted by Gasteiger charge is 2.38. The third kappa shape index (κ3) is 3.44. The van der Waals surface area contributed by atoms with Crippen molar-refractivity contribution in [1.82, 2.24) is 10.6 Å². The van der Waals surface area contributed by atoms with Crippen molar-refractivity contribution in [2.45, 2.75) is 51.5 Å². The molecule has 2 fully saturated rings. The smallest absolute Gasteiger partial charge is 0.227 e. The molecule has 0 aromatic heterocycles. The maximum absolute atomic E-state index is 11.7. The van der Waals surface area contributed by atoms with Crippen LogP contribution in [0.5, 0.6) is 0 Å². The highest BCUT2D eigenvalue weighted by molar-refractivity contribution is 8.14. The Morgan fingerprint density at radius 3 is 2.74 bits per heavy atom. The lowest BCUT2D eigenvalue weighted by atomic mass is 9.83. The Bertz CT molecular complexity index is 373. The fourth-order valence-electron chi connectivity index (χ4n) is 2.77. The largest absolute Gasteiger partial charge is 0.359 e. The monoisotopic (exact) mass is 283 g/mol. The molecule has 1 saturated carbocycles. The number of rotatable bonds is 3. The van der Waals surface area contributed by atoms with Crippen molar-refractivity contribution in [2.24, 2.45) is 10.4 Å². The second-order valence-electron chi connectivity index (χ2n) is 6.34. The molecule has 5 heteroatoms. The lowest BCUT2D eigenvalue weighted by Gasteiger charge is -2.32. The average Bonchev–Trinajstić information content (AvgIpc) is 2.79. The van der Waals surface area contributed by atoms with Crippen LogP contribution in [-0.4, -0.2) is 36.0 Å². The molecule has 0 radical (unpaired) electrons. The molecule has 1 aliphatic heterocycles. The molecule has 1 heterocycles. The van der Waals surface area contributed by atoms with Crippen molar-refractivity contribution in [2.75, 3.05) is 19.3 Å². The van der Waals surface area contributed by atoms with Gasteiger partial charge in [0.25, 0.3) is 0 Å². The van der Waals surface area contributed by atoms with Gasteiger partial charge in [0, 0.05) is 18.3 Å². The van der Waals surface area contributed by atoms with Crippen LogP contribution >= 0.6 is 11.8 Å². The van der Waals surface area contributed by atoms with Crippen LogP contribution in [0.25, 0.3) is 0 Å². The predicted molar refractivity (Wildman–Crippen MR) is 81.6 cm³/mol. The lowest BCUT2D eigenvalue weighted by molar-refractivity contribution is -0.128. The molecule has 0 atom stereocenters. The minimum absolute atomic E-state index is 0.0484. The molecule has 108 valence electrons. The summed E-state index contributed by atoms with van der Waals surface area (Å²) in [5, 5.41) is 7.35. The Labute approximate surface area is 120 Å². The third-order valence-corrected chi connectivity index (χ3v) is 5.33. The molecule has 4 nitrogen and oxygen atoms in total. The van der Waals surface area contributed by atoms with E-state index in [4.69, 9.17) is 0 Å². The summed E-state index contributed by atoms with van der Waals surface area (Å²) in [4.78, 5) is 16.3. The van der Waals surface area contributed by atoms with Gasteiger partial charge in [-0.3, -0.25) is 9.79 Å². The summed E-state index contributed by atoms with van der Waals surface area (Å²) in [5.74, 6) is 1.18. The Kier molecular flexibility index (Phi) is 4.43. The molecule has 2 N–H and O–H groups in total. The topological polar surface area (TPSA) is 53.5 Å². The molecule has 19 heavy (non-hydrogen) atoms. The summed E-state index contributed by atoms with van der Waals surface area (Å²) in [5.41, 5.74) is -0.148. The van der Waals surface area contributed by atoms with Gasteiger partial charge in [-0.2, -0.15) is 0 Å². The van der Waals surface area contributed by atoms with Gasteiger partial charge in [0.15, 0.2) is 5.17 Å². The second kappa shape index (κ2) is 5.73. The van der Waals surface area contributed by atoms with E-state index in [1.807, 2.05) is 25.6 Å². The van der Waals surface area contributed by atoms with Crippen molar-refractivity contribution in [3.05, 3.63) is 0 Å².